The Kier molecular flexibility index (Phi) is 6.42. The van der Waals surface area contributed by atoms with E-state index in [1.807, 2.05) is 0 Å². The highest BCUT2D eigenvalue weighted by atomic mass is 79.9. The molecule has 154 valence electrons. The van der Waals surface area contributed by atoms with Gasteiger partial charge in [-0.25, -0.2) is 4.98 Å². The molecule has 0 bridgehead atoms. The van der Waals surface area contributed by atoms with Gasteiger partial charge in [-0.3, -0.25) is 4.79 Å². The number of pyridine rings is 1. The summed E-state index contributed by atoms with van der Waals surface area (Å²) in [6.07, 6.45) is -10.4. The molecule has 2 aromatic rings. The Bertz CT molecular complexity index is 951. The Morgan fingerprint density at radius 3 is 2.24 bits per heavy atom. The number of aromatic nitrogens is 1. The molecule has 0 aliphatic rings. The molecule has 29 heavy (non-hydrogen) atoms. The van der Waals surface area contributed by atoms with E-state index in [1.165, 1.54) is 13.1 Å². The molecule has 0 saturated heterocycles. The van der Waals surface area contributed by atoms with Crippen molar-refractivity contribution in [3.63, 3.8) is 0 Å². The number of nitrogens with zero attached hydrogens (tertiary/aromatic N) is 3. The molecule has 1 aromatic carbocycles. The van der Waals surface area contributed by atoms with Crippen LogP contribution in [-0.2, 0) is 17.1 Å². The van der Waals surface area contributed by atoms with E-state index in [2.05, 4.69) is 26.2 Å². The summed E-state index contributed by atoms with van der Waals surface area (Å²) >= 11 is 3.22. The number of carbonyl (C=O) groups is 1. The fraction of sp³-hybridized carbons (Fsp3) is 0.235. The molecule has 2 rings (SSSR count). The van der Waals surface area contributed by atoms with Crippen LogP contribution in [0.25, 0.3) is 0 Å². The van der Waals surface area contributed by atoms with Gasteiger partial charge in [0.1, 0.15) is 23.1 Å². The molecule has 1 N–H and O–H groups in total. The quantitative estimate of drug-likeness (QED) is 0.636. The lowest BCUT2D eigenvalue weighted by molar-refractivity contribution is -0.145. The number of carbonyl (C=O) groups excluding carboxylic acids is 1. The van der Waals surface area contributed by atoms with Crippen molar-refractivity contribution in [2.45, 2.75) is 12.4 Å². The minimum absolute atomic E-state index is 0.237. The van der Waals surface area contributed by atoms with Gasteiger partial charge in [-0.15, -0.1) is 0 Å². The molecule has 5 nitrogen and oxygen atoms in total. The molecule has 1 amide bonds. The van der Waals surface area contributed by atoms with Crippen molar-refractivity contribution in [2.24, 2.45) is 0 Å². The Morgan fingerprint density at radius 2 is 1.76 bits per heavy atom. The van der Waals surface area contributed by atoms with Gasteiger partial charge in [-0.2, -0.15) is 31.6 Å². The van der Waals surface area contributed by atoms with E-state index < -0.39 is 47.4 Å². The Balaban J connectivity index is 2.35. The highest BCUT2D eigenvalue weighted by Crippen LogP contribution is 2.38. The van der Waals surface area contributed by atoms with Gasteiger partial charge < -0.3 is 10.2 Å². The number of likely N-dealkylation sites (N-methyl/N-ethyl adjacent to an activating group) is 1. The average molecular weight is 481 g/mol. The van der Waals surface area contributed by atoms with Crippen LogP contribution in [0.1, 0.15) is 16.8 Å². The maximum Gasteiger partial charge on any atom is 0.433 e. The second-order valence-corrected chi connectivity index (χ2v) is 6.58. The number of hydrogen-bond donors (Lipinski definition) is 1. The molecule has 12 heteroatoms. The molecule has 1 heterocycles. The molecule has 0 radical (unpaired) electrons. The van der Waals surface area contributed by atoms with E-state index >= 15 is 0 Å². The number of nitriles is 1. The number of amides is 1. The van der Waals surface area contributed by atoms with Gasteiger partial charge in [0.25, 0.3) is 0 Å². The van der Waals surface area contributed by atoms with Crippen molar-refractivity contribution in [3.05, 3.63) is 51.6 Å². The van der Waals surface area contributed by atoms with E-state index in [1.54, 1.807) is 24.3 Å². The summed E-state index contributed by atoms with van der Waals surface area (Å²) in [6, 6.07) is 7.40. The zero-order valence-electron chi connectivity index (χ0n) is 14.5. The molecule has 0 saturated carbocycles. The molecule has 0 atom stereocenters. The number of rotatable bonds is 4. The highest BCUT2D eigenvalue weighted by molar-refractivity contribution is 9.10. The van der Waals surface area contributed by atoms with Crippen LogP contribution in [0.3, 0.4) is 0 Å². The van der Waals surface area contributed by atoms with Crippen LogP contribution in [0.15, 0.2) is 34.8 Å². The predicted octanol–water partition coefficient (Wildman–Crippen LogP) is 4.83. The van der Waals surface area contributed by atoms with Crippen molar-refractivity contribution >= 4 is 33.3 Å². The normalized spacial score (nSPS) is 11.7. The largest absolute Gasteiger partial charge is 0.433 e. The monoisotopic (exact) mass is 480 g/mol. The van der Waals surface area contributed by atoms with Gasteiger partial charge in [0.2, 0.25) is 5.91 Å². The maximum atomic E-state index is 13.1. The van der Waals surface area contributed by atoms with Crippen LogP contribution in [-0.4, -0.2) is 24.5 Å². The summed E-state index contributed by atoms with van der Waals surface area (Å²) in [5, 5.41) is 11.1. The fourth-order valence-electron chi connectivity index (χ4n) is 2.24. The second kappa shape index (κ2) is 8.28. The third-order valence-electron chi connectivity index (χ3n) is 3.72. The standard InChI is InChI=1S/C17H11BrF6N4O/c1-28(10-4-2-9(18)3-5-10)14(29)8-26-15-11(7-25)12(16(19,20)21)6-13(27-15)17(22,23)24/h2-6H,8H2,1H3,(H,26,27). The van der Waals surface area contributed by atoms with Crippen molar-refractivity contribution in [1.82, 2.24) is 4.98 Å². The van der Waals surface area contributed by atoms with Crippen molar-refractivity contribution in [3.8, 4) is 6.07 Å². The smallest absolute Gasteiger partial charge is 0.360 e. The Hall–Kier alpha value is -2.81. The third kappa shape index (κ3) is 5.38. The lowest BCUT2D eigenvalue weighted by atomic mass is 10.1. The van der Waals surface area contributed by atoms with Crippen LogP contribution in [0.4, 0.5) is 37.8 Å². The van der Waals surface area contributed by atoms with Gasteiger partial charge in [0.15, 0.2) is 0 Å². The number of nitrogens with one attached hydrogen (secondary N) is 1. The Labute approximate surface area is 169 Å². The number of alkyl halides is 6. The zero-order chi connectivity index (χ0) is 22.0. The first-order chi connectivity index (χ1) is 13.3. The lowest BCUT2D eigenvalue weighted by Crippen LogP contribution is -2.32. The predicted molar refractivity (Wildman–Crippen MR) is 95.0 cm³/mol. The van der Waals surface area contributed by atoms with E-state index in [4.69, 9.17) is 5.26 Å². The van der Waals surface area contributed by atoms with E-state index in [-0.39, 0.29) is 6.07 Å². The molecule has 0 aliphatic carbocycles. The Morgan fingerprint density at radius 1 is 1.17 bits per heavy atom. The molecule has 0 unspecified atom stereocenters. The highest BCUT2D eigenvalue weighted by Gasteiger charge is 2.41. The molecular formula is C17H11BrF6N4O. The van der Waals surface area contributed by atoms with Crippen molar-refractivity contribution in [1.29, 1.82) is 5.26 Å². The topological polar surface area (TPSA) is 69.0 Å². The number of benzene rings is 1. The third-order valence-corrected chi connectivity index (χ3v) is 4.25. The van der Waals surface area contributed by atoms with Crippen LogP contribution in [0, 0.1) is 11.3 Å². The minimum atomic E-state index is -5.22. The van der Waals surface area contributed by atoms with Crippen LogP contribution >= 0.6 is 15.9 Å². The summed E-state index contributed by atoms with van der Waals surface area (Å²) in [5.74, 6) is -1.66. The zero-order valence-corrected chi connectivity index (χ0v) is 16.1. The number of halogens is 7. The van der Waals surface area contributed by atoms with E-state index in [9.17, 15) is 31.1 Å². The minimum Gasteiger partial charge on any atom is -0.360 e. The van der Waals surface area contributed by atoms with Crippen LogP contribution in [0.5, 0.6) is 0 Å². The lowest BCUT2D eigenvalue weighted by Gasteiger charge is -2.19. The molecule has 0 fully saturated rings. The van der Waals surface area contributed by atoms with Crippen molar-refractivity contribution in [2.75, 3.05) is 23.8 Å². The summed E-state index contributed by atoms with van der Waals surface area (Å²) in [7, 11) is 1.37. The van der Waals surface area contributed by atoms with Gasteiger partial charge in [-0.1, -0.05) is 15.9 Å². The summed E-state index contributed by atoms with van der Waals surface area (Å²) in [6.45, 7) is -0.688. The second-order valence-electron chi connectivity index (χ2n) is 5.67. The summed E-state index contributed by atoms with van der Waals surface area (Å²) < 4.78 is 78.9. The molecule has 0 spiro atoms. The first-order valence-electron chi connectivity index (χ1n) is 7.70. The van der Waals surface area contributed by atoms with Gasteiger partial charge in [0, 0.05) is 17.2 Å². The molecule has 0 aliphatic heterocycles. The fourth-order valence-corrected chi connectivity index (χ4v) is 2.51. The van der Waals surface area contributed by atoms with Crippen LogP contribution < -0.4 is 10.2 Å². The van der Waals surface area contributed by atoms with Crippen molar-refractivity contribution < 1.29 is 31.1 Å². The van der Waals surface area contributed by atoms with Gasteiger partial charge in [-0.05, 0) is 30.3 Å². The maximum absolute atomic E-state index is 13.1. The van der Waals surface area contributed by atoms with Gasteiger partial charge in [0.05, 0.1) is 12.1 Å². The molecule has 1 aromatic heterocycles. The summed E-state index contributed by atoms with van der Waals surface area (Å²) in [4.78, 5) is 16.5. The number of hydrogen-bond acceptors (Lipinski definition) is 4. The van der Waals surface area contributed by atoms with Gasteiger partial charge >= 0.3 is 12.4 Å². The SMILES string of the molecule is CN(C(=O)CNc1nc(C(F)(F)F)cc(C(F)(F)F)c1C#N)c1ccc(Br)cc1. The summed E-state index contributed by atoms with van der Waals surface area (Å²) in [5.41, 5.74) is -4.32. The molecular weight excluding hydrogens is 470 g/mol. The van der Waals surface area contributed by atoms with Crippen LogP contribution in [0.2, 0.25) is 0 Å². The average Bonchev–Trinajstić information content (AvgIpc) is 2.63. The van der Waals surface area contributed by atoms with E-state index in [0.717, 1.165) is 9.37 Å². The first-order valence-corrected chi connectivity index (χ1v) is 8.49. The van der Waals surface area contributed by atoms with E-state index in [0.29, 0.717) is 5.69 Å². The number of anilines is 2. The first kappa shape index (κ1) is 22.5.